The van der Waals surface area contributed by atoms with Crippen molar-refractivity contribution in [3.8, 4) is 0 Å². The summed E-state index contributed by atoms with van der Waals surface area (Å²) in [6.07, 6.45) is -5.60. The molecule has 0 aliphatic heterocycles. The fraction of sp³-hybridized carbons (Fsp3) is 0.125. The first kappa shape index (κ1) is 13.8. The second-order valence-corrected chi connectivity index (χ2v) is 3.12. The van der Waals surface area contributed by atoms with Gasteiger partial charge < -0.3 is 0 Å². The lowest BCUT2D eigenvalue weighted by molar-refractivity contribution is -0.140. The number of carbonyl (C=O) groups excluding carboxylic acids is 1. The summed E-state index contributed by atoms with van der Waals surface area (Å²) in [5, 5.41) is -2.09. The van der Waals surface area contributed by atoms with E-state index in [0.29, 0.717) is 0 Å². The van der Waals surface area contributed by atoms with E-state index in [4.69, 9.17) is 0 Å². The Morgan fingerprint density at radius 3 is 1.65 bits per heavy atom. The van der Waals surface area contributed by atoms with Crippen molar-refractivity contribution in [3.63, 3.8) is 0 Å². The minimum absolute atomic E-state index is 2.09. The monoisotopic (exact) mass is 280 g/mol. The molecule has 0 aromatic heterocycles. The van der Waals surface area contributed by atoms with Gasteiger partial charge in [0.2, 0.25) is 0 Å². The molecule has 0 atom stereocenters. The summed E-state index contributed by atoms with van der Waals surface area (Å²) in [5.74, 6) is -10.4. The van der Waals surface area contributed by atoms with Gasteiger partial charge in [-0.25, -0.2) is 17.6 Å². The molecule has 0 unspecified atom stereocenters. The average Bonchev–Trinajstić information content (AvgIpc) is 2.17. The quantitative estimate of drug-likeness (QED) is 0.332. The number of rotatable bonds is 1. The van der Waals surface area contributed by atoms with Crippen LogP contribution in [0, 0.1) is 23.3 Å². The van der Waals surface area contributed by atoms with E-state index >= 15 is 0 Å². The summed E-state index contributed by atoms with van der Waals surface area (Å²) in [6.45, 7) is 0. The summed E-state index contributed by atoms with van der Waals surface area (Å²) in [6, 6.07) is 0. The number of hydrogen-bond acceptors (Lipinski definition) is 1. The van der Waals surface area contributed by atoms with E-state index in [1.807, 2.05) is 0 Å². The van der Waals surface area contributed by atoms with Gasteiger partial charge in [0.1, 0.15) is 5.56 Å². The Balaban J connectivity index is 3.86. The molecule has 0 spiro atoms. The third kappa shape index (κ3) is 2.21. The van der Waals surface area contributed by atoms with Gasteiger partial charge in [0.05, 0.1) is 5.56 Å². The second-order valence-electron chi connectivity index (χ2n) is 2.78. The van der Waals surface area contributed by atoms with Gasteiger partial charge in [0, 0.05) is 0 Å². The SMILES string of the molecule is O=C(Cl)c1c(F)c(F)c(F)c(F)c1C(F)(F)F. The van der Waals surface area contributed by atoms with Crippen molar-refractivity contribution in [1.82, 2.24) is 0 Å². The molecule has 94 valence electrons. The Hall–Kier alpha value is -1.31. The van der Waals surface area contributed by atoms with Crippen molar-refractivity contribution in [2.45, 2.75) is 6.18 Å². The van der Waals surface area contributed by atoms with Crippen LogP contribution < -0.4 is 0 Å². The fourth-order valence-corrected chi connectivity index (χ4v) is 1.26. The van der Waals surface area contributed by atoms with Gasteiger partial charge in [-0.2, -0.15) is 13.2 Å². The number of hydrogen-bond donors (Lipinski definition) is 0. The number of alkyl halides is 3. The molecule has 9 heteroatoms. The summed E-state index contributed by atoms with van der Waals surface area (Å²) in [7, 11) is 0. The van der Waals surface area contributed by atoms with Crippen LogP contribution in [0.4, 0.5) is 30.7 Å². The van der Waals surface area contributed by atoms with Gasteiger partial charge >= 0.3 is 6.18 Å². The Labute approximate surface area is 93.8 Å². The largest absolute Gasteiger partial charge is 0.420 e. The number of benzene rings is 1. The van der Waals surface area contributed by atoms with E-state index in [2.05, 4.69) is 11.6 Å². The third-order valence-electron chi connectivity index (χ3n) is 1.75. The first-order chi connectivity index (χ1) is 7.59. The third-order valence-corrected chi connectivity index (χ3v) is 1.94. The first-order valence-corrected chi connectivity index (χ1v) is 4.09. The molecular weight excluding hydrogens is 281 g/mol. The highest BCUT2D eigenvalue weighted by Gasteiger charge is 2.43. The molecular formula is C8ClF7O. The molecule has 17 heavy (non-hydrogen) atoms. The van der Waals surface area contributed by atoms with Crippen molar-refractivity contribution in [2.75, 3.05) is 0 Å². The van der Waals surface area contributed by atoms with Crippen molar-refractivity contribution in [2.24, 2.45) is 0 Å². The van der Waals surface area contributed by atoms with E-state index in [-0.39, 0.29) is 0 Å². The highest BCUT2D eigenvalue weighted by Crippen LogP contribution is 2.37. The molecule has 1 aromatic rings. The van der Waals surface area contributed by atoms with Crippen LogP contribution in [0.5, 0.6) is 0 Å². The van der Waals surface area contributed by atoms with Crippen molar-refractivity contribution in [1.29, 1.82) is 0 Å². The average molecular weight is 281 g/mol. The molecule has 0 aliphatic carbocycles. The van der Waals surface area contributed by atoms with Crippen LogP contribution in [0.15, 0.2) is 0 Å². The maximum Gasteiger partial charge on any atom is 0.420 e. The molecule has 0 N–H and O–H groups in total. The second kappa shape index (κ2) is 4.17. The molecule has 0 radical (unpaired) electrons. The topological polar surface area (TPSA) is 17.1 Å². The lowest BCUT2D eigenvalue weighted by Gasteiger charge is -2.13. The van der Waals surface area contributed by atoms with Crippen LogP contribution in [0.25, 0.3) is 0 Å². The van der Waals surface area contributed by atoms with E-state index in [9.17, 15) is 35.5 Å². The molecule has 1 nitrogen and oxygen atoms in total. The lowest BCUT2D eigenvalue weighted by Crippen LogP contribution is -2.19. The van der Waals surface area contributed by atoms with Gasteiger partial charge in [-0.3, -0.25) is 4.79 Å². The molecule has 0 fully saturated rings. The van der Waals surface area contributed by atoms with Crippen LogP contribution in [-0.2, 0) is 6.18 Å². The number of carbonyl (C=O) groups is 1. The predicted octanol–water partition coefficient (Wildman–Crippen LogP) is 3.64. The molecule has 0 heterocycles. The van der Waals surface area contributed by atoms with E-state index in [1.165, 1.54) is 0 Å². The predicted molar refractivity (Wildman–Crippen MR) is 41.5 cm³/mol. The van der Waals surface area contributed by atoms with Gasteiger partial charge in [0.15, 0.2) is 23.3 Å². The normalized spacial score (nSPS) is 11.8. The highest BCUT2D eigenvalue weighted by molar-refractivity contribution is 6.68. The van der Waals surface area contributed by atoms with E-state index < -0.39 is 45.8 Å². The molecule has 1 aromatic carbocycles. The minimum atomic E-state index is -5.60. The summed E-state index contributed by atoms with van der Waals surface area (Å²) >= 11 is 4.58. The van der Waals surface area contributed by atoms with E-state index in [0.717, 1.165) is 0 Å². The molecule has 0 bridgehead atoms. The highest BCUT2D eigenvalue weighted by atomic mass is 35.5. The molecule has 0 amide bonds. The van der Waals surface area contributed by atoms with Crippen LogP contribution >= 0.6 is 11.6 Å². The Morgan fingerprint density at radius 2 is 1.29 bits per heavy atom. The van der Waals surface area contributed by atoms with E-state index in [1.54, 1.807) is 0 Å². The van der Waals surface area contributed by atoms with Crippen LogP contribution in [0.1, 0.15) is 15.9 Å². The zero-order valence-corrected chi connectivity index (χ0v) is 8.19. The van der Waals surface area contributed by atoms with Crippen LogP contribution in [0.2, 0.25) is 0 Å². The maximum atomic E-state index is 12.9. The van der Waals surface area contributed by atoms with Crippen LogP contribution in [0.3, 0.4) is 0 Å². The summed E-state index contributed by atoms with van der Waals surface area (Å²) in [4.78, 5) is 10.5. The Kier molecular flexibility index (Phi) is 3.37. The Morgan fingerprint density at radius 1 is 0.882 bits per heavy atom. The van der Waals surface area contributed by atoms with Crippen molar-refractivity contribution >= 4 is 16.8 Å². The lowest BCUT2D eigenvalue weighted by atomic mass is 10.1. The molecule has 1 rings (SSSR count). The zero-order valence-electron chi connectivity index (χ0n) is 7.43. The standard InChI is InChI=1S/C8ClF7O/c9-7(17)1-2(8(14,15)16)4(11)6(13)5(12)3(1)10. The first-order valence-electron chi connectivity index (χ1n) is 3.72. The molecule has 0 saturated heterocycles. The Bertz CT molecular complexity index is 494. The molecule has 0 saturated carbocycles. The zero-order chi connectivity index (χ0) is 13.5. The minimum Gasteiger partial charge on any atom is -0.275 e. The maximum absolute atomic E-state index is 12.9. The number of halogens is 8. The molecule has 0 aliphatic rings. The van der Waals surface area contributed by atoms with Gasteiger partial charge in [-0.1, -0.05) is 0 Å². The van der Waals surface area contributed by atoms with Gasteiger partial charge in [0.25, 0.3) is 5.24 Å². The van der Waals surface area contributed by atoms with Crippen LogP contribution in [-0.4, -0.2) is 5.24 Å². The smallest absolute Gasteiger partial charge is 0.275 e. The fourth-order valence-electron chi connectivity index (χ4n) is 1.08. The van der Waals surface area contributed by atoms with Crippen molar-refractivity contribution < 1.29 is 35.5 Å². The van der Waals surface area contributed by atoms with Crippen molar-refractivity contribution in [3.05, 3.63) is 34.4 Å². The summed E-state index contributed by atoms with van der Waals surface area (Å²) < 4.78 is 87.7. The summed E-state index contributed by atoms with van der Waals surface area (Å²) in [5.41, 5.74) is -4.66. The van der Waals surface area contributed by atoms with Gasteiger partial charge in [-0.15, -0.1) is 0 Å². The van der Waals surface area contributed by atoms with Gasteiger partial charge in [-0.05, 0) is 11.6 Å².